The van der Waals surface area contributed by atoms with Crippen molar-refractivity contribution in [2.75, 3.05) is 19.6 Å². The lowest BCUT2D eigenvalue weighted by Crippen LogP contribution is -2.43. The summed E-state index contributed by atoms with van der Waals surface area (Å²) in [5, 5.41) is 2.55. The Bertz CT molecular complexity index is 515. The molecule has 6 heteroatoms. The number of nitrogens with one attached hydrogen (secondary N) is 1. The minimum Gasteiger partial charge on any atom is -0.481 e. The number of nitrogens with zero attached hydrogens (tertiary/aromatic N) is 1. The molecule has 0 aliphatic carbocycles. The van der Waals surface area contributed by atoms with Crippen LogP contribution >= 0.6 is 0 Å². The molecule has 1 heterocycles. The van der Waals surface area contributed by atoms with Crippen LogP contribution in [0, 0.1) is 5.82 Å². The maximum absolute atomic E-state index is 13.0. The first-order valence-corrected chi connectivity index (χ1v) is 7.04. The fourth-order valence-electron chi connectivity index (χ4n) is 2.18. The molecule has 1 unspecified atom stereocenters. The van der Waals surface area contributed by atoms with Gasteiger partial charge in [-0.25, -0.2) is 4.39 Å². The summed E-state index contributed by atoms with van der Waals surface area (Å²) >= 11 is 0. The molecule has 1 aromatic carbocycles. The van der Waals surface area contributed by atoms with Crippen molar-refractivity contribution in [3.05, 3.63) is 30.1 Å². The summed E-state index contributed by atoms with van der Waals surface area (Å²) in [4.78, 5) is 25.4. The van der Waals surface area contributed by atoms with Crippen molar-refractivity contribution in [2.24, 2.45) is 0 Å². The number of hydrogen-bond donors (Lipinski definition) is 1. The van der Waals surface area contributed by atoms with Crippen LogP contribution in [0.15, 0.2) is 24.3 Å². The lowest BCUT2D eigenvalue weighted by atomic mass is 10.3. The van der Waals surface area contributed by atoms with Gasteiger partial charge in [0.15, 0.2) is 6.10 Å². The van der Waals surface area contributed by atoms with E-state index in [1.807, 2.05) is 0 Å². The molecule has 5 nitrogen and oxygen atoms in total. The number of likely N-dealkylation sites (tertiary alicyclic amines) is 1. The van der Waals surface area contributed by atoms with E-state index in [4.69, 9.17) is 4.74 Å². The van der Waals surface area contributed by atoms with Crippen LogP contribution in [0.2, 0.25) is 0 Å². The summed E-state index contributed by atoms with van der Waals surface area (Å²) in [6.07, 6.45) is 1.23. The van der Waals surface area contributed by atoms with Gasteiger partial charge in [-0.3, -0.25) is 9.59 Å². The van der Waals surface area contributed by atoms with Gasteiger partial charge in [0.1, 0.15) is 11.6 Å². The molecule has 114 valence electrons. The minimum absolute atomic E-state index is 0.0321. The number of benzene rings is 1. The largest absolute Gasteiger partial charge is 0.481 e. The predicted octanol–water partition coefficient (Wildman–Crippen LogP) is 1.33. The maximum atomic E-state index is 13.0. The number of halogens is 1. The molecule has 0 radical (unpaired) electrons. The molecule has 0 bridgehead atoms. The molecule has 1 aliphatic heterocycles. The molecule has 1 aliphatic rings. The van der Waals surface area contributed by atoms with Gasteiger partial charge in [0, 0.05) is 19.2 Å². The van der Waals surface area contributed by atoms with Gasteiger partial charge in [-0.1, -0.05) is 6.07 Å². The number of carbonyl (C=O) groups is 2. The summed E-state index contributed by atoms with van der Waals surface area (Å²) in [7, 11) is 0. The van der Waals surface area contributed by atoms with E-state index in [-0.39, 0.29) is 18.2 Å². The minimum atomic E-state index is -0.793. The average Bonchev–Trinajstić information content (AvgIpc) is 2.98. The quantitative estimate of drug-likeness (QED) is 0.891. The molecule has 1 saturated heterocycles. The van der Waals surface area contributed by atoms with E-state index in [9.17, 15) is 14.0 Å². The van der Waals surface area contributed by atoms with Crippen LogP contribution in [-0.4, -0.2) is 42.5 Å². The third-order valence-corrected chi connectivity index (χ3v) is 3.35. The van der Waals surface area contributed by atoms with Gasteiger partial charge in [-0.2, -0.15) is 0 Å². The number of amides is 2. The van der Waals surface area contributed by atoms with Gasteiger partial charge in [-0.15, -0.1) is 0 Å². The van der Waals surface area contributed by atoms with Crippen LogP contribution in [-0.2, 0) is 9.59 Å². The highest BCUT2D eigenvalue weighted by atomic mass is 19.1. The lowest BCUT2D eigenvalue weighted by molar-refractivity contribution is -0.134. The summed E-state index contributed by atoms with van der Waals surface area (Å²) < 4.78 is 18.4. The molecule has 1 atom stereocenters. The highest BCUT2D eigenvalue weighted by Gasteiger charge is 2.20. The van der Waals surface area contributed by atoms with Crippen LogP contribution < -0.4 is 10.1 Å². The highest BCUT2D eigenvalue weighted by Crippen LogP contribution is 2.13. The Morgan fingerprint density at radius 1 is 1.38 bits per heavy atom. The Kier molecular flexibility index (Phi) is 5.14. The van der Waals surface area contributed by atoms with E-state index in [1.54, 1.807) is 17.9 Å². The Balaban J connectivity index is 1.78. The second-order valence-electron chi connectivity index (χ2n) is 5.02. The van der Waals surface area contributed by atoms with Gasteiger partial charge in [0.25, 0.3) is 5.91 Å². The van der Waals surface area contributed by atoms with Crippen molar-refractivity contribution >= 4 is 11.8 Å². The smallest absolute Gasteiger partial charge is 0.261 e. The van der Waals surface area contributed by atoms with Crippen LogP contribution in [0.3, 0.4) is 0 Å². The summed E-state index contributed by atoms with van der Waals surface area (Å²) in [6.45, 7) is 3.03. The average molecular weight is 294 g/mol. The van der Waals surface area contributed by atoms with Crippen molar-refractivity contribution < 1.29 is 18.7 Å². The van der Waals surface area contributed by atoms with Gasteiger partial charge in [-0.05, 0) is 31.9 Å². The molecule has 2 rings (SSSR count). The van der Waals surface area contributed by atoms with E-state index >= 15 is 0 Å². The van der Waals surface area contributed by atoms with Crippen molar-refractivity contribution in [1.29, 1.82) is 0 Å². The van der Waals surface area contributed by atoms with Crippen LogP contribution in [0.5, 0.6) is 5.75 Å². The molecule has 1 aromatic rings. The summed E-state index contributed by atoms with van der Waals surface area (Å²) in [5.74, 6) is -0.626. The highest BCUT2D eigenvalue weighted by molar-refractivity contribution is 5.87. The maximum Gasteiger partial charge on any atom is 0.261 e. The zero-order valence-electron chi connectivity index (χ0n) is 12.0. The zero-order valence-corrected chi connectivity index (χ0v) is 12.0. The van der Waals surface area contributed by atoms with Crippen molar-refractivity contribution in [1.82, 2.24) is 10.2 Å². The SMILES string of the molecule is CC(Oc1cccc(F)c1)C(=O)NCC(=O)N1CCCC1. The standard InChI is InChI=1S/C15H19FN2O3/c1-11(21-13-6-4-5-12(16)9-13)15(20)17-10-14(19)18-7-2-3-8-18/h4-6,9,11H,2-3,7-8,10H2,1H3,(H,17,20). The second-order valence-corrected chi connectivity index (χ2v) is 5.02. The first-order valence-electron chi connectivity index (χ1n) is 7.04. The number of rotatable bonds is 5. The fourth-order valence-corrected chi connectivity index (χ4v) is 2.18. The second kappa shape index (κ2) is 7.06. The van der Waals surface area contributed by atoms with E-state index in [0.717, 1.165) is 25.9 Å². The van der Waals surface area contributed by atoms with Crippen molar-refractivity contribution in [3.63, 3.8) is 0 Å². The van der Waals surface area contributed by atoms with Crippen LogP contribution in [0.1, 0.15) is 19.8 Å². The van der Waals surface area contributed by atoms with Crippen molar-refractivity contribution in [3.8, 4) is 5.75 Å². The lowest BCUT2D eigenvalue weighted by Gasteiger charge is -2.17. The zero-order chi connectivity index (χ0) is 15.2. The molecule has 0 aromatic heterocycles. The van der Waals surface area contributed by atoms with Crippen LogP contribution in [0.4, 0.5) is 4.39 Å². The normalized spacial score (nSPS) is 15.6. The van der Waals surface area contributed by atoms with Gasteiger partial charge in [0.05, 0.1) is 6.54 Å². The molecular weight excluding hydrogens is 275 g/mol. The van der Waals surface area contributed by atoms with E-state index < -0.39 is 17.8 Å². The molecule has 1 fully saturated rings. The predicted molar refractivity (Wildman–Crippen MR) is 75.3 cm³/mol. The monoisotopic (exact) mass is 294 g/mol. The van der Waals surface area contributed by atoms with Gasteiger partial charge < -0.3 is 15.0 Å². The first kappa shape index (κ1) is 15.3. The first-order chi connectivity index (χ1) is 10.1. The molecule has 0 saturated carbocycles. The van der Waals surface area contributed by atoms with Gasteiger partial charge >= 0.3 is 0 Å². The summed E-state index contributed by atoms with van der Waals surface area (Å²) in [5.41, 5.74) is 0. The summed E-state index contributed by atoms with van der Waals surface area (Å²) in [6, 6.07) is 5.58. The molecule has 21 heavy (non-hydrogen) atoms. The fraction of sp³-hybridized carbons (Fsp3) is 0.467. The molecule has 1 N–H and O–H groups in total. The third kappa shape index (κ3) is 4.44. The third-order valence-electron chi connectivity index (χ3n) is 3.35. The van der Waals surface area contributed by atoms with E-state index in [0.29, 0.717) is 0 Å². The molecular formula is C15H19FN2O3. The van der Waals surface area contributed by atoms with Gasteiger partial charge in [0.2, 0.25) is 5.91 Å². The Labute approximate surface area is 123 Å². The molecule has 2 amide bonds. The van der Waals surface area contributed by atoms with Crippen molar-refractivity contribution in [2.45, 2.75) is 25.9 Å². The molecule has 0 spiro atoms. The van der Waals surface area contributed by atoms with Crippen LogP contribution in [0.25, 0.3) is 0 Å². The Morgan fingerprint density at radius 3 is 2.76 bits per heavy atom. The topological polar surface area (TPSA) is 58.6 Å². The Morgan fingerprint density at radius 2 is 2.10 bits per heavy atom. The Hall–Kier alpha value is -2.11. The number of carbonyl (C=O) groups excluding carboxylic acids is 2. The number of hydrogen-bond acceptors (Lipinski definition) is 3. The number of ether oxygens (including phenoxy) is 1. The van der Waals surface area contributed by atoms with E-state index in [1.165, 1.54) is 18.2 Å². The van der Waals surface area contributed by atoms with E-state index in [2.05, 4.69) is 5.32 Å².